The maximum absolute atomic E-state index is 12.8. The van der Waals surface area contributed by atoms with Crippen molar-refractivity contribution in [3.8, 4) is 0 Å². The van der Waals surface area contributed by atoms with Crippen molar-refractivity contribution in [2.45, 2.75) is 58.4 Å². The number of piperidine rings is 1. The van der Waals surface area contributed by atoms with Gasteiger partial charge in [-0.2, -0.15) is 0 Å². The fourth-order valence-corrected chi connectivity index (χ4v) is 4.51. The summed E-state index contributed by atoms with van der Waals surface area (Å²) in [4.78, 5) is 14.9. The van der Waals surface area contributed by atoms with Crippen molar-refractivity contribution in [3.63, 3.8) is 0 Å². The Bertz CT molecular complexity index is 507. The lowest BCUT2D eigenvalue weighted by molar-refractivity contribution is 0.0577. The highest BCUT2D eigenvalue weighted by Crippen LogP contribution is 2.46. The summed E-state index contributed by atoms with van der Waals surface area (Å²) in [7, 11) is 0. The summed E-state index contributed by atoms with van der Waals surface area (Å²) in [5.41, 5.74) is 1.41. The number of aryl methyl sites for hydroxylation is 1. The van der Waals surface area contributed by atoms with Crippen molar-refractivity contribution in [1.29, 1.82) is 0 Å². The van der Waals surface area contributed by atoms with Crippen LogP contribution in [-0.2, 0) is 6.54 Å². The van der Waals surface area contributed by atoms with Gasteiger partial charge in [0.1, 0.15) is 5.69 Å². The minimum Gasteiger partial charge on any atom is -0.342 e. The Morgan fingerprint density at radius 2 is 1.90 bits per heavy atom. The van der Waals surface area contributed by atoms with Crippen LogP contribution in [0.25, 0.3) is 0 Å². The minimum atomic E-state index is 0.210. The highest BCUT2D eigenvalue weighted by molar-refractivity contribution is 9.10. The van der Waals surface area contributed by atoms with E-state index in [1.807, 2.05) is 12.3 Å². The SMILES string of the molecule is CCCn1cc(Br)cc1C(=O)N1CCC2(CCCC2)CC1. The van der Waals surface area contributed by atoms with Crippen LogP contribution < -0.4 is 0 Å². The third-order valence-corrected chi connectivity index (χ3v) is 5.76. The second-order valence-corrected chi connectivity index (χ2v) is 7.65. The molecule has 3 rings (SSSR count). The number of likely N-dealkylation sites (tertiary alicyclic amines) is 1. The molecule has 21 heavy (non-hydrogen) atoms. The van der Waals surface area contributed by atoms with Crippen molar-refractivity contribution < 1.29 is 4.79 Å². The molecule has 0 N–H and O–H groups in total. The van der Waals surface area contributed by atoms with Crippen molar-refractivity contribution >= 4 is 21.8 Å². The molecule has 2 aliphatic rings. The molecule has 2 heterocycles. The lowest BCUT2D eigenvalue weighted by atomic mass is 9.77. The monoisotopic (exact) mass is 352 g/mol. The van der Waals surface area contributed by atoms with E-state index in [0.717, 1.165) is 36.2 Å². The average Bonchev–Trinajstić information content (AvgIpc) is 3.07. The first-order valence-corrected chi connectivity index (χ1v) is 9.08. The number of hydrogen-bond acceptors (Lipinski definition) is 1. The van der Waals surface area contributed by atoms with Crippen LogP contribution in [0.5, 0.6) is 0 Å². The van der Waals surface area contributed by atoms with Gasteiger partial charge >= 0.3 is 0 Å². The lowest BCUT2D eigenvalue weighted by Gasteiger charge is -2.39. The molecular formula is C17H25BrN2O. The van der Waals surface area contributed by atoms with Gasteiger partial charge in [0.15, 0.2) is 0 Å². The number of nitrogens with zero attached hydrogens (tertiary/aromatic N) is 2. The molecule has 1 amide bonds. The molecule has 1 spiro atoms. The van der Waals surface area contributed by atoms with E-state index in [0.29, 0.717) is 5.41 Å². The average molecular weight is 353 g/mol. The van der Waals surface area contributed by atoms with Gasteiger partial charge in [-0.05, 0) is 59.5 Å². The Morgan fingerprint density at radius 1 is 1.24 bits per heavy atom. The van der Waals surface area contributed by atoms with Crippen molar-refractivity contribution in [2.24, 2.45) is 5.41 Å². The highest BCUT2D eigenvalue weighted by atomic mass is 79.9. The Hall–Kier alpha value is -0.770. The Morgan fingerprint density at radius 3 is 2.52 bits per heavy atom. The molecule has 0 atom stereocenters. The zero-order valence-corrected chi connectivity index (χ0v) is 14.5. The fraction of sp³-hybridized carbons (Fsp3) is 0.706. The minimum absolute atomic E-state index is 0.210. The summed E-state index contributed by atoms with van der Waals surface area (Å²) in [6.07, 6.45) is 11.0. The molecule has 2 fully saturated rings. The van der Waals surface area contributed by atoms with Crippen LogP contribution in [0.1, 0.15) is 62.4 Å². The Kier molecular flexibility index (Phi) is 4.43. The molecule has 1 aromatic rings. The van der Waals surface area contributed by atoms with Crippen LogP contribution >= 0.6 is 15.9 Å². The summed E-state index contributed by atoms with van der Waals surface area (Å²) in [5.74, 6) is 0.210. The molecule has 1 aromatic heterocycles. The zero-order chi connectivity index (χ0) is 14.9. The molecule has 116 valence electrons. The summed E-state index contributed by atoms with van der Waals surface area (Å²) < 4.78 is 3.09. The van der Waals surface area contributed by atoms with Gasteiger partial charge in [-0.1, -0.05) is 19.8 Å². The predicted molar refractivity (Wildman–Crippen MR) is 88.5 cm³/mol. The Labute approximate surface area is 135 Å². The van der Waals surface area contributed by atoms with Crippen LogP contribution in [0.15, 0.2) is 16.7 Å². The topological polar surface area (TPSA) is 25.2 Å². The van der Waals surface area contributed by atoms with Gasteiger partial charge in [-0.25, -0.2) is 0 Å². The molecule has 4 heteroatoms. The number of halogens is 1. The van der Waals surface area contributed by atoms with E-state index in [4.69, 9.17) is 0 Å². The van der Waals surface area contributed by atoms with E-state index in [-0.39, 0.29) is 5.91 Å². The third-order valence-electron chi connectivity index (χ3n) is 5.32. The molecule has 1 saturated heterocycles. The van der Waals surface area contributed by atoms with Gasteiger partial charge < -0.3 is 9.47 Å². The van der Waals surface area contributed by atoms with Gasteiger partial charge in [-0.15, -0.1) is 0 Å². The maximum atomic E-state index is 12.8. The molecule has 0 aromatic carbocycles. The predicted octanol–water partition coefficient (Wildman–Crippen LogP) is 4.46. The van der Waals surface area contributed by atoms with Crippen LogP contribution in [-0.4, -0.2) is 28.5 Å². The van der Waals surface area contributed by atoms with E-state index in [9.17, 15) is 4.79 Å². The zero-order valence-electron chi connectivity index (χ0n) is 12.9. The number of carbonyl (C=O) groups is 1. The van der Waals surface area contributed by atoms with E-state index in [2.05, 4.69) is 32.3 Å². The summed E-state index contributed by atoms with van der Waals surface area (Å²) in [6.45, 7) is 4.93. The van der Waals surface area contributed by atoms with Gasteiger partial charge in [0.2, 0.25) is 0 Å². The first-order valence-electron chi connectivity index (χ1n) is 8.28. The molecule has 0 radical (unpaired) electrons. The Balaban J connectivity index is 1.69. The molecule has 0 bridgehead atoms. The molecule has 1 saturated carbocycles. The summed E-state index contributed by atoms with van der Waals surface area (Å²) >= 11 is 3.50. The number of aromatic nitrogens is 1. The third kappa shape index (κ3) is 3.05. The van der Waals surface area contributed by atoms with E-state index >= 15 is 0 Å². The van der Waals surface area contributed by atoms with Crippen LogP contribution in [0.3, 0.4) is 0 Å². The summed E-state index contributed by atoms with van der Waals surface area (Å²) in [5, 5.41) is 0. The van der Waals surface area contributed by atoms with Crippen LogP contribution in [0.2, 0.25) is 0 Å². The molecule has 1 aliphatic heterocycles. The van der Waals surface area contributed by atoms with Gasteiger partial charge in [0, 0.05) is 30.3 Å². The first-order chi connectivity index (χ1) is 10.1. The number of rotatable bonds is 3. The highest BCUT2D eigenvalue weighted by Gasteiger charge is 2.38. The maximum Gasteiger partial charge on any atom is 0.270 e. The second-order valence-electron chi connectivity index (χ2n) is 6.74. The van der Waals surface area contributed by atoms with E-state index in [1.165, 1.54) is 38.5 Å². The van der Waals surface area contributed by atoms with Gasteiger partial charge in [0.05, 0.1) is 0 Å². The fourth-order valence-electron chi connectivity index (χ4n) is 4.05. The number of hydrogen-bond donors (Lipinski definition) is 0. The van der Waals surface area contributed by atoms with Crippen molar-refractivity contribution in [3.05, 3.63) is 22.4 Å². The van der Waals surface area contributed by atoms with Crippen LogP contribution in [0, 0.1) is 5.41 Å². The van der Waals surface area contributed by atoms with Crippen molar-refractivity contribution in [1.82, 2.24) is 9.47 Å². The molecule has 1 aliphatic carbocycles. The second kappa shape index (κ2) is 6.15. The molecule has 3 nitrogen and oxygen atoms in total. The normalized spacial score (nSPS) is 21.1. The number of amides is 1. The van der Waals surface area contributed by atoms with Crippen molar-refractivity contribution in [2.75, 3.05) is 13.1 Å². The smallest absolute Gasteiger partial charge is 0.270 e. The van der Waals surface area contributed by atoms with Gasteiger partial charge in [-0.3, -0.25) is 4.79 Å². The standard InChI is InChI=1S/C17H25BrN2O/c1-2-9-20-13-14(18)12-15(20)16(21)19-10-7-17(8-11-19)5-3-4-6-17/h12-13H,2-11H2,1H3. The quantitative estimate of drug-likeness (QED) is 0.788. The van der Waals surface area contributed by atoms with Gasteiger partial charge in [0.25, 0.3) is 5.91 Å². The largest absolute Gasteiger partial charge is 0.342 e. The lowest BCUT2D eigenvalue weighted by Crippen LogP contribution is -2.42. The molecule has 0 unspecified atom stereocenters. The summed E-state index contributed by atoms with van der Waals surface area (Å²) in [6, 6.07) is 1.97. The van der Waals surface area contributed by atoms with E-state index < -0.39 is 0 Å². The van der Waals surface area contributed by atoms with E-state index in [1.54, 1.807) is 0 Å². The first kappa shape index (κ1) is 15.1. The molecular weight excluding hydrogens is 328 g/mol. The van der Waals surface area contributed by atoms with Crippen LogP contribution in [0.4, 0.5) is 0 Å². The number of carbonyl (C=O) groups excluding carboxylic acids is 1.